The van der Waals surface area contributed by atoms with E-state index in [1.54, 1.807) is 10.7 Å². The van der Waals surface area contributed by atoms with E-state index in [-0.39, 0.29) is 12.4 Å². The molecule has 2 heterocycles. The van der Waals surface area contributed by atoms with Crippen molar-refractivity contribution in [2.24, 2.45) is 0 Å². The van der Waals surface area contributed by atoms with Gasteiger partial charge in [-0.05, 0) is 37.5 Å². The molecule has 2 fully saturated rings. The van der Waals surface area contributed by atoms with Crippen molar-refractivity contribution in [1.82, 2.24) is 19.6 Å². The minimum absolute atomic E-state index is 0.249. The van der Waals surface area contributed by atoms with Gasteiger partial charge in [0, 0.05) is 56.6 Å². The van der Waals surface area contributed by atoms with Crippen molar-refractivity contribution in [3.63, 3.8) is 0 Å². The van der Waals surface area contributed by atoms with Gasteiger partial charge in [-0.1, -0.05) is 25.3 Å². The number of hydrogen-bond acceptors (Lipinski definition) is 4. The van der Waals surface area contributed by atoms with E-state index in [1.807, 2.05) is 18.5 Å². The van der Waals surface area contributed by atoms with Crippen LogP contribution in [0.15, 0.2) is 36.7 Å². The molecule has 0 amide bonds. The minimum Gasteiger partial charge on any atom is -0.396 e. The molecule has 1 aromatic heterocycles. The van der Waals surface area contributed by atoms with Crippen LogP contribution in [0.2, 0.25) is 0 Å². The summed E-state index contributed by atoms with van der Waals surface area (Å²) in [6.07, 6.45) is 11.4. The first-order valence-corrected chi connectivity index (χ1v) is 10.6. The second kappa shape index (κ2) is 9.16. The van der Waals surface area contributed by atoms with E-state index >= 15 is 0 Å². The molecule has 1 atom stereocenters. The fourth-order valence-corrected chi connectivity index (χ4v) is 4.84. The van der Waals surface area contributed by atoms with E-state index in [4.69, 9.17) is 0 Å². The molecule has 1 aromatic carbocycles. The van der Waals surface area contributed by atoms with E-state index in [0.29, 0.717) is 12.1 Å². The number of halogens is 1. The van der Waals surface area contributed by atoms with Gasteiger partial charge in [-0.15, -0.1) is 0 Å². The summed E-state index contributed by atoms with van der Waals surface area (Å²) >= 11 is 0. The van der Waals surface area contributed by atoms with Crippen molar-refractivity contribution in [2.75, 3.05) is 26.2 Å². The Morgan fingerprint density at radius 1 is 1.14 bits per heavy atom. The Kier molecular flexibility index (Phi) is 6.40. The largest absolute Gasteiger partial charge is 0.396 e. The Bertz CT molecular complexity index is 758. The van der Waals surface area contributed by atoms with Crippen molar-refractivity contribution in [1.29, 1.82) is 0 Å². The molecule has 0 bridgehead atoms. The molecule has 4 rings (SSSR count). The summed E-state index contributed by atoms with van der Waals surface area (Å²) in [4.78, 5) is 5.13. The first kappa shape index (κ1) is 19.6. The maximum Gasteiger partial charge on any atom is 0.125 e. The third-order valence-corrected chi connectivity index (χ3v) is 6.23. The molecule has 0 unspecified atom stereocenters. The van der Waals surface area contributed by atoms with Gasteiger partial charge in [0.2, 0.25) is 0 Å². The summed E-state index contributed by atoms with van der Waals surface area (Å²) in [5, 5.41) is 14.0. The van der Waals surface area contributed by atoms with Gasteiger partial charge in [0.05, 0.1) is 11.9 Å². The topological polar surface area (TPSA) is 44.5 Å². The van der Waals surface area contributed by atoms with E-state index in [2.05, 4.69) is 14.9 Å². The van der Waals surface area contributed by atoms with Crippen molar-refractivity contribution >= 4 is 0 Å². The predicted octanol–water partition coefficient (Wildman–Crippen LogP) is 3.21. The Hall–Kier alpha value is -1.76. The fraction of sp³-hybridized carbons (Fsp3) is 0.591. The summed E-state index contributed by atoms with van der Waals surface area (Å²) in [7, 11) is 0. The zero-order valence-electron chi connectivity index (χ0n) is 16.5. The molecule has 1 saturated carbocycles. The standard InChI is InChI=1S/C22H31FN4O/c23-19-5-4-8-21(13-19)27-16-18(14-24-27)15-25-10-11-26(22(17-25)9-12-28)20-6-2-1-3-7-20/h4-5,8,13-14,16,20,22,28H,1-3,6-7,9-12,15,17H2/t22-/m0/s1. The number of aliphatic hydroxyl groups excluding tert-OH is 1. The second-order valence-corrected chi connectivity index (χ2v) is 8.20. The average molecular weight is 387 g/mol. The third-order valence-electron chi connectivity index (χ3n) is 6.23. The first-order valence-electron chi connectivity index (χ1n) is 10.6. The summed E-state index contributed by atoms with van der Waals surface area (Å²) < 4.78 is 15.2. The predicted molar refractivity (Wildman–Crippen MR) is 108 cm³/mol. The summed E-state index contributed by atoms with van der Waals surface area (Å²) in [6, 6.07) is 7.64. The van der Waals surface area contributed by atoms with E-state index < -0.39 is 0 Å². The van der Waals surface area contributed by atoms with Crippen LogP contribution in [0.4, 0.5) is 4.39 Å². The maximum atomic E-state index is 13.5. The van der Waals surface area contributed by atoms with E-state index in [1.165, 1.54) is 44.2 Å². The number of hydrogen-bond donors (Lipinski definition) is 1. The quantitative estimate of drug-likeness (QED) is 0.828. The zero-order chi connectivity index (χ0) is 19.3. The molecule has 5 nitrogen and oxygen atoms in total. The molecule has 1 aliphatic carbocycles. The first-order chi connectivity index (χ1) is 13.7. The Labute approximate surface area is 166 Å². The van der Waals surface area contributed by atoms with Crippen LogP contribution in [0.3, 0.4) is 0 Å². The van der Waals surface area contributed by atoms with Crippen molar-refractivity contribution in [3.05, 3.63) is 48.0 Å². The van der Waals surface area contributed by atoms with Gasteiger partial charge >= 0.3 is 0 Å². The Balaban J connectivity index is 1.39. The number of aliphatic hydroxyl groups is 1. The van der Waals surface area contributed by atoms with Gasteiger partial charge in [0.25, 0.3) is 0 Å². The minimum atomic E-state index is -0.250. The molecule has 1 N–H and O–H groups in total. The van der Waals surface area contributed by atoms with Gasteiger partial charge in [-0.2, -0.15) is 5.10 Å². The van der Waals surface area contributed by atoms with E-state index in [0.717, 1.165) is 43.9 Å². The lowest BCUT2D eigenvalue weighted by molar-refractivity contribution is 0.0137. The van der Waals surface area contributed by atoms with Crippen LogP contribution in [-0.4, -0.2) is 63.0 Å². The highest BCUT2D eigenvalue weighted by Gasteiger charge is 2.32. The third kappa shape index (κ3) is 4.62. The smallest absolute Gasteiger partial charge is 0.125 e. The van der Waals surface area contributed by atoms with Crippen molar-refractivity contribution < 1.29 is 9.50 Å². The average Bonchev–Trinajstić information content (AvgIpc) is 3.18. The lowest BCUT2D eigenvalue weighted by atomic mass is 9.92. The molecular weight excluding hydrogens is 355 g/mol. The summed E-state index contributed by atoms with van der Waals surface area (Å²) in [5.41, 5.74) is 1.88. The normalized spacial score (nSPS) is 22.6. The highest BCUT2D eigenvalue weighted by Crippen LogP contribution is 2.27. The monoisotopic (exact) mass is 386 g/mol. The van der Waals surface area contributed by atoms with Crippen molar-refractivity contribution in [3.8, 4) is 5.69 Å². The fourth-order valence-electron chi connectivity index (χ4n) is 4.84. The molecule has 28 heavy (non-hydrogen) atoms. The van der Waals surface area contributed by atoms with Crippen LogP contribution in [-0.2, 0) is 6.54 Å². The van der Waals surface area contributed by atoms with Crippen LogP contribution in [0.5, 0.6) is 0 Å². The Morgan fingerprint density at radius 3 is 2.79 bits per heavy atom. The molecule has 1 aliphatic heterocycles. The molecular formula is C22H31FN4O. The molecule has 0 radical (unpaired) electrons. The number of piperazine rings is 1. The molecule has 6 heteroatoms. The molecule has 1 saturated heterocycles. The Morgan fingerprint density at radius 2 is 2.00 bits per heavy atom. The highest BCUT2D eigenvalue weighted by molar-refractivity contribution is 5.31. The van der Waals surface area contributed by atoms with Gasteiger partial charge in [-0.3, -0.25) is 9.80 Å². The lowest BCUT2D eigenvalue weighted by Crippen LogP contribution is -2.56. The van der Waals surface area contributed by atoms with Crippen molar-refractivity contribution in [2.45, 2.75) is 57.2 Å². The van der Waals surface area contributed by atoms with Gasteiger partial charge < -0.3 is 5.11 Å². The zero-order valence-corrected chi connectivity index (χ0v) is 16.5. The lowest BCUT2D eigenvalue weighted by Gasteiger charge is -2.46. The van der Waals surface area contributed by atoms with Crippen LogP contribution in [0.25, 0.3) is 5.69 Å². The number of aromatic nitrogens is 2. The molecule has 152 valence electrons. The highest BCUT2D eigenvalue weighted by atomic mass is 19.1. The van der Waals surface area contributed by atoms with Gasteiger partial charge in [-0.25, -0.2) is 9.07 Å². The second-order valence-electron chi connectivity index (χ2n) is 8.20. The molecule has 2 aromatic rings. The molecule has 0 spiro atoms. The van der Waals surface area contributed by atoms with Crippen LogP contribution in [0, 0.1) is 5.82 Å². The van der Waals surface area contributed by atoms with E-state index in [9.17, 15) is 9.50 Å². The van der Waals surface area contributed by atoms with Crippen LogP contribution >= 0.6 is 0 Å². The van der Waals surface area contributed by atoms with Crippen LogP contribution in [0.1, 0.15) is 44.1 Å². The van der Waals surface area contributed by atoms with Gasteiger partial charge in [0.15, 0.2) is 0 Å². The number of nitrogens with zero attached hydrogens (tertiary/aromatic N) is 4. The SMILES string of the molecule is OCC[C@H]1CN(Cc2cnn(-c3cccc(F)c3)c2)CCN1C1CCCCC1. The maximum absolute atomic E-state index is 13.5. The summed E-state index contributed by atoms with van der Waals surface area (Å²) in [6.45, 7) is 4.20. The summed E-state index contributed by atoms with van der Waals surface area (Å²) in [5.74, 6) is -0.250. The number of rotatable bonds is 6. The number of benzene rings is 1. The van der Waals surface area contributed by atoms with Gasteiger partial charge in [0.1, 0.15) is 5.82 Å². The molecule has 2 aliphatic rings. The van der Waals surface area contributed by atoms with Crippen LogP contribution < -0.4 is 0 Å².